The average Bonchev–Trinajstić information content (AvgIpc) is 2.48. The van der Waals surface area contributed by atoms with Gasteiger partial charge in [-0.1, -0.05) is 29.8 Å². The summed E-state index contributed by atoms with van der Waals surface area (Å²) in [6, 6.07) is 3.05. The van der Waals surface area contributed by atoms with Gasteiger partial charge in [-0.2, -0.15) is 13.2 Å². The van der Waals surface area contributed by atoms with Crippen LogP contribution < -0.4 is 5.32 Å². The molecule has 0 aliphatic carbocycles. The lowest BCUT2D eigenvalue weighted by molar-refractivity contribution is -0.137. The van der Waals surface area contributed by atoms with Crippen molar-refractivity contribution in [3.05, 3.63) is 53.1 Å². The highest BCUT2D eigenvalue weighted by Crippen LogP contribution is 2.36. The number of rotatable bonds is 5. The van der Waals surface area contributed by atoms with E-state index in [1.807, 2.05) is 0 Å². The van der Waals surface area contributed by atoms with Crippen LogP contribution in [0.15, 0.2) is 42.5 Å². The van der Waals surface area contributed by atoms with Gasteiger partial charge in [-0.15, -0.1) is 0 Å². The van der Waals surface area contributed by atoms with Gasteiger partial charge in [-0.3, -0.25) is 9.59 Å². The second-order valence-corrected chi connectivity index (χ2v) is 5.23. The van der Waals surface area contributed by atoms with E-state index in [2.05, 4.69) is 5.32 Å². The van der Waals surface area contributed by atoms with Crippen LogP contribution in [-0.2, 0) is 15.8 Å². The minimum atomic E-state index is -4.62. The van der Waals surface area contributed by atoms with E-state index in [4.69, 9.17) is 11.6 Å². The molecule has 1 aromatic rings. The zero-order valence-corrected chi connectivity index (χ0v) is 13.8. The van der Waals surface area contributed by atoms with Crippen LogP contribution >= 0.6 is 11.6 Å². The molecule has 0 saturated heterocycles. The molecule has 1 rings (SSSR count). The Labute approximate surface area is 142 Å². The molecular weight excluding hydrogens is 345 g/mol. The van der Waals surface area contributed by atoms with Crippen molar-refractivity contribution in [1.29, 1.82) is 0 Å². The molecule has 0 aromatic heterocycles. The molecule has 1 N–H and O–H groups in total. The molecule has 0 radical (unpaired) electrons. The predicted octanol–water partition coefficient (Wildman–Crippen LogP) is 3.89. The maximum absolute atomic E-state index is 12.8. The average molecular weight is 361 g/mol. The smallest absolute Gasteiger partial charge is 0.333 e. The number of carbonyl (C=O) groups excluding carboxylic acids is 2. The Morgan fingerprint density at radius 2 is 1.96 bits per heavy atom. The second-order valence-electron chi connectivity index (χ2n) is 4.82. The van der Waals surface area contributed by atoms with Crippen LogP contribution in [0, 0.1) is 0 Å². The lowest BCUT2D eigenvalue weighted by Gasteiger charge is -2.16. The van der Waals surface area contributed by atoms with Gasteiger partial charge in [0.2, 0.25) is 11.8 Å². The highest BCUT2D eigenvalue weighted by atomic mass is 35.5. The maximum Gasteiger partial charge on any atom is 0.417 e. The van der Waals surface area contributed by atoms with Crippen LogP contribution in [-0.4, -0.2) is 30.3 Å². The number of halogens is 4. The molecule has 8 heteroatoms. The zero-order chi connectivity index (χ0) is 18.3. The van der Waals surface area contributed by atoms with Crippen molar-refractivity contribution in [2.45, 2.75) is 13.1 Å². The number of allylic oxidation sites excluding steroid dienone is 3. The first-order valence-corrected chi connectivity index (χ1v) is 7.24. The summed E-state index contributed by atoms with van der Waals surface area (Å²) < 4.78 is 38.3. The maximum atomic E-state index is 12.8. The number of amides is 2. The summed E-state index contributed by atoms with van der Waals surface area (Å²) in [4.78, 5) is 24.7. The Bertz CT molecular complexity index is 670. The molecule has 130 valence electrons. The number of anilines is 1. The number of nitrogens with one attached hydrogen (secondary N) is 1. The molecule has 0 fully saturated rings. The van der Waals surface area contributed by atoms with Gasteiger partial charge in [0.05, 0.1) is 17.1 Å². The molecule has 24 heavy (non-hydrogen) atoms. The Morgan fingerprint density at radius 3 is 2.54 bits per heavy atom. The van der Waals surface area contributed by atoms with Crippen molar-refractivity contribution >= 4 is 29.1 Å². The van der Waals surface area contributed by atoms with Crippen molar-refractivity contribution in [2.24, 2.45) is 0 Å². The summed E-state index contributed by atoms with van der Waals surface area (Å²) in [5.41, 5.74) is -1.09. The topological polar surface area (TPSA) is 49.4 Å². The molecule has 0 aliphatic heterocycles. The summed E-state index contributed by atoms with van der Waals surface area (Å²) in [5, 5.41) is 1.85. The van der Waals surface area contributed by atoms with Crippen LogP contribution in [0.3, 0.4) is 0 Å². The Balaban J connectivity index is 2.73. The lowest BCUT2D eigenvalue weighted by atomic mass is 10.2. The van der Waals surface area contributed by atoms with E-state index in [-0.39, 0.29) is 12.2 Å². The van der Waals surface area contributed by atoms with Gasteiger partial charge in [0, 0.05) is 18.8 Å². The zero-order valence-electron chi connectivity index (χ0n) is 13.0. The quantitative estimate of drug-likeness (QED) is 0.639. The van der Waals surface area contributed by atoms with Crippen LogP contribution in [0.4, 0.5) is 18.9 Å². The normalized spacial score (nSPS) is 11.9. The number of benzene rings is 1. The number of hydrogen-bond acceptors (Lipinski definition) is 2. The number of hydrogen-bond donors (Lipinski definition) is 1. The summed E-state index contributed by atoms with van der Waals surface area (Å²) in [6.07, 6.45) is 1.55. The van der Waals surface area contributed by atoms with E-state index in [0.29, 0.717) is 0 Å². The van der Waals surface area contributed by atoms with E-state index in [9.17, 15) is 22.8 Å². The third-order valence-electron chi connectivity index (χ3n) is 2.85. The lowest BCUT2D eigenvalue weighted by Crippen LogP contribution is -2.33. The molecule has 1 aromatic carbocycles. The molecule has 0 heterocycles. The highest BCUT2D eigenvalue weighted by Gasteiger charge is 2.33. The van der Waals surface area contributed by atoms with Gasteiger partial charge in [-0.05, 0) is 25.1 Å². The first kappa shape index (κ1) is 19.8. The van der Waals surface area contributed by atoms with Gasteiger partial charge >= 0.3 is 6.18 Å². The molecule has 0 saturated carbocycles. The highest BCUT2D eigenvalue weighted by molar-refractivity contribution is 6.31. The molecule has 0 aliphatic rings. The SMILES string of the molecule is C/C=C/C=C/C(=O)N(C)CC(=O)Nc1ccc(Cl)c(C(F)(F)F)c1. The Kier molecular flexibility index (Phi) is 7.03. The van der Waals surface area contributed by atoms with Crippen molar-refractivity contribution < 1.29 is 22.8 Å². The fourth-order valence-electron chi connectivity index (χ4n) is 1.69. The fraction of sp³-hybridized carbons (Fsp3) is 0.250. The van der Waals surface area contributed by atoms with Crippen molar-refractivity contribution in [3.8, 4) is 0 Å². The van der Waals surface area contributed by atoms with E-state index < -0.39 is 28.6 Å². The summed E-state index contributed by atoms with van der Waals surface area (Å²) in [6.45, 7) is 1.48. The van der Waals surface area contributed by atoms with Gasteiger partial charge in [-0.25, -0.2) is 0 Å². The molecule has 0 atom stereocenters. The van der Waals surface area contributed by atoms with Gasteiger partial charge in [0.25, 0.3) is 0 Å². The van der Waals surface area contributed by atoms with Gasteiger partial charge in [0.1, 0.15) is 0 Å². The summed E-state index contributed by atoms with van der Waals surface area (Å²) >= 11 is 5.51. The largest absolute Gasteiger partial charge is 0.417 e. The third-order valence-corrected chi connectivity index (χ3v) is 3.18. The number of carbonyl (C=O) groups is 2. The minimum absolute atomic E-state index is 0.0537. The molecule has 0 spiro atoms. The number of likely N-dealkylation sites (N-methyl/N-ethyl adjacent to an activating group) is 1. The molecular formula is C16H16ClF3N2O2. The molecule has 0 bridgehead atoms. The van der Waals surface area contributed by atoms with Crippen LogP contribution in [0.5, 0.6) is 0 Å². The van der Waals surface area contributed by atoms with E-state index in [1.165, 1.54) is 25.3 Å². The molecule has 0 unspecified atom stereocenters. The predicted molar refractivity (Wildman–Crippen MR) is 86.7 cm³/mol. The third kappa shape index (κ3) is 6.08. The standard InChI is InChI=1S/C16H16ClF3N2O2/c1-3-4-5-6-15(24)22(2)10-14(23)21-11-7-8-13(17)12(9-11)16(18,19)20/h3-9H,10H2,1-2H3,(H,21,23)/b4-3+,6-5+. The molecule has 2 amide bonds. The van der Waals surface area contributed by atoms with Gasteiger partial charge in [0.15, 0.2) is 0 Å². The summed E-state index contributed by atoms with van der Waals surface area (Å²) in [5.74, 6) is -1.03. The van der Waals surface area contributed by atoms with Crippen molar-refractivity contribution in [3.63, 3.8) is 0 Å². The second kappa shape index (κ2) is 8.54. The fourth-order valence-corrected chi connectivity index (χ4v) is 1.92. The van der Waals surface area contributed by atoms with E-state index in [0.717, 1.165) is 17.0 Å². The van der Waals surface area contributed by atoms with E-state index >= 15 is 0 Å². The Morgan fingerprint density at radius 1 is 1.29 bits per heavy atom. The Hall–Kier alpha value is -2.28. The minimum Gasteiger partial charge on any atom is -0.333 e. The van der Waals surface area contributed by atoms with Crippen LogP contribution in [0.25, 0.3) is 0 Å². The first-order chi connectivity index (χ1) is 11.1. The van der Waals surface area contributed by atoms with Crippen molar-refractivity contribution in [1.82, 2.24) is 4.90 Å². The first-order valence-electron chi connectivity index (χ1n) is 6.86. The van der Waals surface area contributed by atoms with Crippen LogP contribution in [0.2, 0.25) is 5.02 Å². The number of nitrogens with zero attached hydrogens (tertiary/aromatic N) is 1. The summed E-state index contributed by atoms with van der Waals surface area (Å²) in [7, 11) is 1.41. The van der Waals surface area contributed by atoms with Gasteiger partial charge < -0.3 is 10.2 Å². The van der Waals surface area contributed by atoms with Crippen molar-refractivity contribution in [2.75, 3.05) is 18.9 Å². The number of alkyl halides is 3. The monoisotopic (exact) mass is 360 g/mol. The van der Waals surface area contributed by atoms with Crippen LogP contribution in [0.1, 0.15) is 12.5 Å². The van der Waals surface area contributed by atoms with E-state index in [1.54, 1.807) is 19.1 Å². The molecule has 4 nitrogen and oxygen atoms in total.